The van der Waals surface area contributed by atoms with Crippen LogP contribution in [0, 0.1) is 5.92 Å². The van der Waals surface area contributed by atoms with Gasteiger partial charge in [-0.2, -0.15) is 0 Å². The second kappa shape index (κ2) is 1.98. The predicted molar refractivity (Wildman–Crippen MR) is 38.4 cm³/mol. The number of rotatable bonds is 3. The normalized spacial score (nSPS) is 27.3. The molecule has 2 saturated carbocycles. The molecular weight excluding hydrogens is 110 g/mol. The van der Waals surface area contributed by atoms with Crippen LogP contribution in [0.1, 0.15) is 25.7 Å². The van der Waals surface area contributed by atoms with Crippen molar-refractivity contribution in [1.29, 1.82) is 0 Å². The van der Waals surface area contributed by atoms with E-state index in [0.717, 1.165) is 12.0 Å². The third kappa shape index (κ3) is 1.45. The first-order chi connectivity index (χ1) is 4.36. The summed E-state index contributed by atoms with van der Waals surface area (Å²) >= 11 is 0. The third-order valence-corrected chi connectivity index (χ3v) is 2.41. The topological polar surface area (TPSA) is 3.24 Å². The molecular formula is C8H15N. The summed E-state index contributed by atoms with van der Waals surface area (Å²) in [5.74, 6) is 1.08. The van der Waals surface area contributed by atoms with Crippen LogP contribution < -0.4 is 0 Å². The molecule has 0 aromatic heterocycles. The summed E-state index contributed by atoms with van der Waals surface area (Å²) in [7, 11) is 2.27. The van der Waals surface area contributed by atoms with Gasteiger partial charge >= 0.3 is 0 Å². The van der Waals surface area contributed by atoms with Gasteiger partial charge in [0.2, 0.25) is 0 Å². The van der Waals surface area contributed by atoms with Crippen LogP contribution in [-0.2, 0) is 0 Å². The van der Waals surface area contributed by atoms with Gasteiger partial charge in [0.25, 0.3) is 0 Å². The van der Waals surface area contributed by atoms with Crippen molar-refractivity contribution in [2.75, 3.05) is 13.6 Å². The maximum atomic E-state index is 2.54. The molecule has 0 radical (unpaired) electrons. The Bertz CT molecular complexity index is 103. The zero-order valence-electron chi connectivity index (χ0n) is 6.14. The highest BCUT2D eigenvalue weighted by molar-refractivity contribution is 4.86. The Kier molecular flexibility index (Phi) is 1.26. The first kappa shape index (κ1) is 5.72. The quantitative estimate of drug-likeness (QED) is 0.552. The highest BCUT2D eigenvalue weighted by Gasteiger charge is 2.30. The molecule has 0 atom stereocenters. The minimum Gasteiger partial charge on any atom is -0.303 e. The molecule has 0 bridgehead atoms. The molecule has 2 aliphatic carbocycles. The zero-order chi connectivity index (χ0) is 6.27. The van der Waals surface area contributed by atoms with Gasteiger partial charge < -0.3 is 4.90 Å². The van der Waals surface area contributed by atoms with Gasteiger partial charge in [-0.25, -0.2) is 0 Å². The summed E-state index contributed by atoms with van der Waals surface area (Å²) in [6.45, 7) is 1.38. The second-order valence-corrected chi connectivity index (χ2v) is 3.61. The monoisotopic (exact) mass is 125 g/mol. The van der Waals surface area contributed by atoms with Crippen LogP contribution >= 0.6 is 0 Å². The van der Waals surface area contributed by atoms with E-state index < -0.39 is 0 Å². The minimum absolute atomic E-state index is 0.977. The van der Waals surface area contributed by atoms with Crippen molar-refractivity contribution >= 4 is 0 Å². The van der Waals surface area contributed by atoms with Gasteiger partial charge in [0.1, 0.15) is 0 Å². The number of hydrogen-bond acceptors (Lipinski definition) is 1. The SMILES string of the molecule is CN(CC1CC1)C1CC1. The molecule has 0 saturated heterocycles. The van der Waals surface area contributed by atoms with E-state index in [1.807, 2.05) is 0 Å². The average molecular weight is 125 g/mol. The molecule has 0 amide bonds. The van der Waals surface area contributed by atoms with Gasteiger partial charge in [0.05, 0.1) is 0 Å². The molecule has 0 aromatic rings. The molecule has 1 heteroatoms. The van der Waals surface area contributed by atoms with Crippen LogP contribution in [0.15, 0.2) is 0 Å². The Hall–Kier alpha value is -0.0400. The molecule has 0 heterocycles. The fourth-order valence-electron chi connectivity index (χ4n) is 1.37. The first-order valence-corrected chi connectivity index (χ1v) is 4.06. The third-order valence-electron chi connectivity index (χ3n) is 2.41. The van der Waals surface area contributed by atoms with Crippen molar-refractivity contribution in [3.05, 3.63) is 0 Å². The number of nitrogens with zero attached hydrogens (tertiary/aromatic N) is 1. The van der Waals surface area contributed by atoms with E-state index in [1.165, 1.54) is 32.2 Å². The van der Waals surface area contributed by atoms with Crippen LogP contribution in [0.2, 0.25) is 0 Å². The van der Waals surface area contributed by atoms with Crippen molar-refractivity contribution in [3.8, 4) is 0 Å². The molecule has 2 fully saturated rings. The summed E-state index contributed by atoms with van der Waals surface area (Å²) < 4.78 is 0. The first-order valence-electron chi connectivity index (χ1n) is 4.06. The van der Waals surface area contributed by atoms with Crippen LogP contribution in [0.3, 0.4) is 0 Å². The van der Waals surface area contributed by atoms with E-state index in [2.05, 4.69) is 11.9 Å². The molecule has 2 rings (SSSR count). The maximum Gasteiger partial charge on any atom is 0.00934 e. The van der Waals surface area contributed by atoms with Crippen molar-refractivity contribution in [2.24, 2.45) is 5.92 Å². The van der Waals surface area contributed by atoms with Crippen molar-refractivity contribution in [1.82, 2.24) is 4.90 Å². The summed E-state index contributed by atoms with van der Waals surface area (Å²) in [6, 6.07) is 0.977. The Morgan fingerprint density at radius 2 is 1.89 bits per heavy atom. The lowest BCUT2D eigenvalue weighted by Crippen LogP contribution is -2.22. The molecule has 0 N–H and O–H groups in total. The summed E-state index contributed by atoms with van der Waals surface area (Å²) in [5, 5.41) is 0. The standard InChI is InChI=1S/C8H15N/c1-9(8-4-5-8)6-7-2-3-7/h7-8H,2-6H2,1H3. The highest BCUT2D eigenvalue weighted by Crippen LogP contribution is 2.33. The fourth-order valence-corrected chi connectivity index (χ4v) is 1.37. The van der Waals surface area contributed by atoms with Crippen LogP contribution in [-0.4, -0.2) is 24.5 Å². The van der Waals surface area contributed by atoms with Gasteiger partial charge in [0, 0.05) is 12.6 Å². The zero-order valence-corrected chi connectivity index (χ0v) is 6.14. The van der Waals surface area contributed by atoms with Crippen LogP contribution in [0.4, 0.5) is 0 Å². The fraction of sp³-hybridized carbons (Fsp3) is 1.00. The van der Waals surface area contributed by atoms with Gasteiger partial charge in [-0.15, -0.1) is 0 Å². The average Bonchev–Trinajstić information content (AvgIpc) is 2.62. The van der Waals surface area contributed by atoms with Gasteiger partial charge in [0.15, 0.2) is 0 Å². The molecule has 0 aliphatic heterocycles. The lowest BCUT2D eigenvalue weighted by molar-refractivity contribution is 0.310. The van der Waals surface area contributed by atoms with Crippen molar-refractivity contribution < 1.29 is 0 Å². The molecule has 0 aromatic carbocycles. The summed E-state index contributed by atoms with van der Waals surface area (Å²) in [5.41, 5.74) is 0. The minimum atomic E-state index is 0.977. The lowest BCUT2D eigenvalue weighted by atomic mass is 10.4. The maximum absolute atomic E-state index is 2.54. The van der Waals surface area contributed by atoms with E-state index >= 15 is 0 Å². The Balaban J connectivity index is 1.69. The van der Waals surface area contributed by atoms with E-state index in [0.29, 0.717) is 0 Å². The van der Waals surface area contributed by atoms with E-state index in [1.54, 1.807) is 0 Å². The molecule has 9 heavy (non-hydrogen) atoms. The number of hydrogen-bond donors (Lipinski definition) is 0. The molecule has 2 aliphatic rings. The Labute approximate surface area is 57.0 Å². The second-order valence-electron chi connectivity index (χ2n) is 3.61. The summed E-state index contributed by atoms with van der Waals surface area (Å²) in [4.78, 5) is 2.54. The predicted octanol–water partition coefficient (Wildman–Crippen LogP) is 1.49. The van der Waals surface area contributed by atoms with Gasteiger partial charge in [-0.1, -0.05) is 0 Å². The van der Waals surface area contributed by atoms with E-state index in [4.69, 9.17) is 0 Å². The Morgan fingerprint density at radius 3 is 2.33 bits per heavy atom. The highest BCUT2D eigenvalue weighted by atomic mass is 15.2. The summed E-state index contributed by atoms with van der Waals surface area (Å²) in [6.07, 6.45) is 5.92. The smallest absolute Gasteiger partial charge is 0.00934 e. The van der Waals surface area contributed by atoms with Gasteiger partial charge in [-0.05, 0) is 38.6 Å². The van der Waals surface area contributed by atoms with E-state index in [9.17, 15) is 0 Å². The van der Waals surface area contributed by atoms with Crippen molar-refractivity contribution in [2.45, 2.75) is 31.7 Å². The Morgan fingerprint density at radius 1 is 1.22 bits per heavy atom. The molecule has 0 unspecified atom stereocenters. The van der Waals surface area contributed by atoms with Crippen LogP contribution in [0.5, 0.6) is 0 Å². The molecule has 0 spiro atoms. The van der Waals surface area contributed by atoms with Crippen molar-refractivity contribution in [3.63, 3.8) is 0 Å². The lowest BCUT2D eigenvalue weighted by Gasteiger charge is -2.13. The van der Waals surface area contributed by atoms with Gasteiger partial charge in [-0.3, -0.25) is 0 Å². The van der Waals surface area contributed by atoms with Crippen LogP contribution in [0.25, 0.3) is 0 Å². The molecule has 52 valence electrons. The molecule has 1 nitrogen and oxygen atoms in total. The van der Waals surface area contributed by atoms with E-state index in [-0.39, 0.29) is 0 Å². The largest absolute Gasteiger partial charge is 0.303 e.